The van der Waals surface area contributed by atoms with Gasteiger partial charge in [-0.05, 0) is 53.9 Å². The molecule has 44 heavy (non-hydrogen) atoms. The van der Waals surface area contributed by atoms with Crippen LogP contribution in [0.25, 0.3) is 10.9 Å². The highest BCUT2D eigenvalue weighted by molar-refractivity contribution is 5.83. The van der Waals surface area contributed by atoms with Gasteiger partial charge in [0.05, 0.1) is 13.2 Å². The number of methoxy groups -OCH3 is 1. The fraction of sp³-hybridized carbons (Fsp3) is 0.222. The highest BCUT2D eigenvalue weighted by atomic mass is 16.5. The van der Waals surface area contributed by atoms with Crippen LogP contribution in [0.15, 0.2) is 109 Å². The van der Waals surface area contributed by atoms with Gasteiger partial charge in [-0.2, -0.15) is 0 Å². The fourth-order valence-electron chi connectivity index (χ4n) is 5.13. The smallest absolute Gasteiger partial charge is 0.258 e. The predicted octanol–water partition coefficient (Wildman–Crippen LogP) is 6.16. The van der Waals surface area contributed by atoms with Crippen molar-refractivity contribution >= 4 is 22.7 Å². The maximum absolute atomic E-state index is 13.2. The molecule has 1 atom stereocenters. The molecule has 0 aliphatic heterocycles. The summed E-state index contributed by atoms with van der Waals surface area (Å²) in [7, 11) is 1.61. The molecule has 1 unspecified atom stereocenters. The van der Waals surface area contributed by atoms with E-state index in [0.29, 0.717) is 43.4 Å². The summed E-state index contributed by atoms with van der Waals surface area (Å²) in [6.07, 6.45) is 2.49. The maximum Gasteiger partial charge on any atom is 0.258 e. The lowest BCUT2D eigenvalue weighted by molar-refractivity contribution is -0.131. The molecule has 2 N–H and O–H groups in total. The standard InChI is InChI=1S/C36H37N3O5.H2/c1-26(40)39(22-28-12-6-9-15-35(28)42-2)23-30(20-29-21-37-34-14-8-7-13-33(29)34)38-36(41)25-44-32-18-16-31(17-19-32)43-24-27-10-4-3-5-11-27;/h3-19,21,30,37H,20,22-25H2,1-2H3,(H,38,41);1H. The molecule has 0 saturated heterocycles. The summed E-state index contributed by atoms with van der Waals surface area (Å²) in [5.74, 6) is 1.60. The van der Waals surface area contributed by atoms with E-state index in [-0.39, 0.29) is 25.9 Å². The third-order valence-corrected chi connectivity index (χ3v) is 7.39. The minimum atomic E-state index is -0.363. The number of fused-ring (bicyclic) bond motifs is 1. The Labute approximate surface area is 259 Å². The second kappa shape index (κ2) is 14.8. The highest BCUT2D eigenvalue weighted by Gasteiger charge is 2.22. The number of ether oxygens (including phenoxy) is 3. The molecule has 228 valence electrons. The lowest BCUT2D eigenvalue weighted by Crippen LogP contribution is -2.47. The van der Waals surface area contributed by atoms with Crippen LogP contribution in [0.2, 0.25) is 0 Å². The maximum atomic E-state index is 13.2. The Morgan fingerprint density at radius 3 is 2.27 bits per heavy atom. The van der Waals surface area contributed by atoms with Crippen LogP contribution in [-0.2, 0) is 29.2 Å². The van der Waals surface area contributed by atoms with E-state index in [1.54, 1.807) is 24.1 Å². The van der Waals surface area contributed by atoms with E-state index in [1.807, 2.05) is 97.2 Å². The predicted molar refractivity (Wildman–Crippen MR) is 173 cm³/mol. The van der Waals surface area contributed by atoms with Gasteiger partial charge in [0, 0.05) is 44.1 Å². The Morgan fingerprint density at radius 2 is 1.52 bits per heavy atom. The van der Waals surface area contributed by atoms with Crippen molar-refractivity contribution in [2.45, 2.75) is 32.5 Å². The fourth-order valence-corrected chi connectivity index (χ4v) is 5.13. The van der Waals surface area contributed by atoms with Crippen LogP contribution >= 0.6 is 0 Å². The van der Waals surface area contributed by atoms with E-state index in [9.17, 15) is 9.59 Å². The minimum Gasteiger partial charge on any atom is -0.496 e. The van der Waals surface area contributed by atoms with Crippen molar-refractivity contribution in [2.24, 2.45) is 0 Å². The summed E-state index contributed by atoms with van der Waals surface area (Å²) >= 11 is 0. The zero-order valence-electron chi connectivity index (χ0n) is 25.0. The van der Waals surface area contributed by atoms with Crippen LogP contribution in [0.3, 0.4) is 0 Å². The molecule has 0 saturated carbocycles. The summed E-state index contributed by atoms with van der Waals surface area (Å²) in [5.41, 5.74) is 4.04. The number of para-hydroxylation sites is 2. The summed E-state index contributed by atoms with van der Waals surface area (Å²) in [5, 5.41) is 4.19. The van der Waals surface area contributed by atoms with Crippen molar-refractivity contribution in [3.05, 3.63) is 126 Å². The molecule has 2 amide bonds. The number of nitrogens with zero attached hydrogens (tertiary/aromatic N) is 1. The average molecular weight is 594 g/mol. The number of H-pyrrole nitrogens is 1. The lowest BCUT2D eigenvalue weighted by Gasteiger charge is -2.28. The lowest BCUT2D eigenvalue weighted by atomic mass is 10.0. The molecule has 4 aromatic carbocycles. The number of rotatable bonds is 14. The Hall–Kier alpha value is -5.24. The summed E-state index contributed by atoms with van der Waals surface area (Å²) < 4.78 is 17.1. The number of benzene rings is 4. The van der Waals surface area contributed by atoms with Crippen LogP contribution in [0, 0.1) is 0 Å². The summed E-state index contributed by atoms with van der Waals surface area (Å²) in [6, 6.07) is 32.4. The molecule has 5 rings (SSSR count). The van der Waals surface area contributed by atoms with Crippen molar-refractivity contribution in [3.8, 4) is 17.2 Å². The third-order valence-electron chi connectivity index (χ3n) is 7.39. The van der Waals surface area contributed by atoms with Crippen molar-refractivity contribution < 1.29 is 25.2 Å². The number of aromatic amines is 1. The zero-order valence-corrected chi connectivity index (χ0v) is 25.0. The van der Waals surface area contributed by atoms with Crippen molar-refractivity contribution in [3.63, 3.8) is 0 Å². The molecule has 0 radical (unpaired) electrons. The van der Waals surface area contributed by atoms with Gasteiger partial charge in [0.15, 0.2) is 6.61 Å². The van der Waals surface area contributed by atoms with E-state index in [0.717, 1.165) is 27.6 Å². The quantitative estimate of drug-likeness (QED) is 0.161. The van der Waals surface area contributed by atoms with Crippen molar-refractivity contribution in [1.82, 2.24) is 15.2 Å². The SMILES string of the molecule is COc1ccccc1CN(CC(Cc1c[nH]c2ccccc12)NC(=O)COc1ccc(OCc2ccccc2)cc1)C(C)=O.[HH]. The van der Waals surface area contributed by atoms with E-state index < -0.39 is 0 Å². The van der Waals surface area contributed by atoms with Crippen LogP contribution in [0.5, 0.6) is 17.2 Å². The second-order valence-corrected chi connectivity index (χ2v) is 10.6. The van der Waals surface area contributed by atoms with E-state index in [4.69, 9.17) is 14.2 Å². The summed E-state index contributed by atoms with van der Waals surface area (Å²) in [4.78, 5) is 31.0. The number of amides is 2. The number of carbonyl (C=O) groups is 2. The van der Waals surface area contributed by atoms with Crippen LogP contribution in [0.1, 0.15) is 25.0 Å². The van der Waals surface area contributed by atoms with Gasteiger partial charge in [-0.3, -0.25) is 9.59 Å². The topological polar surface area (TPSA) is 92.9 Å². The molecule has 0 spiro atoms. The largest absolute Gasteiger partial charge is 0.496 e. The number of carbonyl (C=O) groups excluding carboxylic acids is 2. The van der Waals surface area contributed by atoms with E-state index >= 15 is 0 Å². The number of hydrogen-bond acceptors (Lipinski definition) is 5. The minimum absolute atomic E-state index is 0. The van der Waals surface area contributed by atoms with Gasteiger partial charge < -0.3 is 29.4 Å². The highest BCUT2D eigenvalue weighted by Crippen LogP contribution is 2.23. The molecule has 0 fully saturated rings. The molecule has 0 aliphatic carbocycles. The Kier molecular flexibility index (Phi) is 10.2. The zero-order chi connectivity index (χ0) is 30.7. The van der Waals surface area contributed by atoms with Crippen molar-refractivity contribution in [2.75, 3.05) is 20.3 Å². The first-order valence-corrected chi connectivity index (χ1v) is 14.6. The monoisotopic (exact) mass is 593 g/mol. The molecule has 1 heterocycles. The molecule has 8 heteroatoms. The molecule has 0 bridgehead atoms. The first kappa shape index (κ1) is 30.2. The van der Waals surface area contributed by atoms with Gasteiger partial charge in [0.2, 0.25) is 5.91 Å². The number of aromatic nitrogens is 1. The average Bonchev–Trinajstić information content (AvgIpc) is 3.46. The normalized spacial score (nSPS) is 11.5. The van der Waals surface area contributed by atoms with Gasteiger partial charge in [0.25, 0.3) is 5.91 Å². The van der Waals surface area contributed by atoms with Crippen LogP contribution in [0.4, 0.5) is 0 Å². The Morgan fingerprint density at radius 1 is 0.841 bits per heavy atom. The van der Waals surface area contributed by atoms with Crippen LogP contribution in [-0.4, -0.2) is 48.0 Å². The first-order chi connectivity index (χ1) is 21.5. The molecule has 0 aliphatic rings. The van der Waals surface area contributed by atoms with Gasteiger partial charge >= 0.3 is 0 Å². The Balaban J connectivity index is 0.00000461. The molecular formula is C36H39N3O5. The summed E-state index contributed by atoms with van der Waals surface area (Å²) in [6.45, 7) is 2.51. The molecule has 8 nitrogen and oxygen atoms in total. The van der Waals surface area contributed by atoms with Gasteiger partial charge in [0.1, 0.15) is 23.9 Å². The van der Waals surface area contributed by atoms with E-state index in [2.05, 4.69) is 10.3 Å². The van der Waals surface area contributed by atoms with Gasteiger partial charge in [-0.1, -0.05) is 66.7 Å². The Bertz CT molecular complexity index is 1670. The number of nitrogens with one attached hydrogen (secondary N) is 2. The van der Waals surface area contributed by atoms with Crippen molar-refractivity contribution in [1.29, 1.82) is 0 Å². The third kappa shape index (κ3) is 8.19. The van der Waals surface area contributed by atoms with Gasteiger partial charge in [-0.25, -0.2) is 0 Å². The van der Waals surface area contributed by atoms with Gasteiger partial charge in [-0.15, -0.1) is 0 Å². The molecule has 5 aromatic rings. The van der Waals surface area contributed by atoms with Crippen LogP contribution < -0.4 is 19.5 Å². The molecular weight excluding hydrogens is 554 g/mol. The second-order valence-electron chi connectivity index (χ2n) is 10.6. The molecule has 1 aromatic heterocycles. The van der Waals surface area contributed by atoms with E-state index in [1.165, 1.54) is 6.92 Å². The first-order valence-electron chi connectivity index (χ1n) is 14.6. The number of hydrogen-bond donors (Lipinski definition) is 2.